The van der Waals surface area contributed by atoms with E-state index >= 15 is 0 Å². The van der Waals surface area contributed by atoms with Crippen molar-refractivity contribution >= 4 is 17.5 Å². The topological polar surface area (TPSA) is 47.5 Å². The molecular weight excluding hydrogens is 212 g/mol. The second kappa shape index (κ2) is 5.14. The van der Waals surface area contributed by atoms with Gasteiger partial charge in [-0.15, -0.1) is 0 Å². The van der Waals surface area contributed by atoms with Crippen LogP contribution in [0.25, 0.3) is 0 Å². The molecule has 0 bridgehead atoms. The molecule has 1 aromatic carbocycles. The van der Waals surface area contributed by atoms with Crippen LogP contribution < -0.4 is 10.6 Å². The molecule has 4 heteroatoms. The van der Waals surface area contributed by atoms with Crippen molar-refractivity contribution in [3.05, 3.63) is 34.9 Å². The number of amides is 1. The van der Waals surface area contributed by atoms with Gasteiger partial charge in [-0.25, -0.2) is 0 Å². The highest BCUT2D eigenvalue weighted by molar-refractivity contribution is 6.31. The molecule has 1 aromatic rings. The van der Waals surface area contributed by atoms with Gasteiger partial charge in [0.1, 0.15) is 6.54 Å². The molecule has 0 fully saturated rings. The maximum atomic E-state index is 11.0. The first-order chi connectivity index (χ1) is 7.02. The van der Waals surface area contributed by atoms with Crippen LogP contribution in [0.3, 0.4) is 0 Å². The van der Waals surface area contributed by atoms with Crippen molar-refractivity contribution < 1.29 is 9.69 Å². The lowest BCUT2D eigenvalue weighted by Gasteiger charge is -2.19. The molecule has 0 aliphatic carbocycles. The summed E-state index contributed by atoms with van der Waals surface area (Å²) in [5.74, 6) is -0.292. The van der Waals surface area contributed by atoms with Gasteiger partial charge in [0.05, 0.1) is 7.05 Å². The average molecular weight is 228 g/mol. The van der Waals surface area contributed by atoms with Crippen LogP contribution >= 0.6 is 11.6 Å². The Bertz CT molecular complexity index is 354. The molecule has 15 heavy (non-hydrogen) atoms. The van der Waals surface area contributed by atoms with Crippen LogP contribution in [-0.2, 0) is 11.3 Å². The number of rotatable bonds is 4. The Morgan fingerprint density at radius 3 is 2.67 bits per heavy atom. The van der Waals surface area contributed by atoms with Crippen LogP contribution in [0, 0.1) is 0 Å². The highest BCUT2D eigenvalue weighted by Gasteiger charge is 2.19. The third kappa shape index (κ3) is 3.22. The summed E-state index contributed by atoms with van der Waals surface area (Å²) in [6.07, 6.45) is 0. The normalized spacial score (nSPS) is 14.6. The van der Waals surface area contributed by atoms with Crippen molar-refractivity contribution in [3.63, 3.8) is 0 Å². The third-order valence-corrected chi connectivity index (χ3v) is 2.96. The first-order valence-electron chi connectivity index (χ1n) is 4.87. The molecule has 0 aliphatic heterocycles. The first kappa shape index (κ1) is 12.0. The van der Waals surface area contributed by atoms with Gasteiger partial charge < -0.3 is 10.6 Å². The summed E-state index contributed by atoms with van der Waals surface area (Å²) in [7, 11) is 1.93. The standard InChI is InChI=1S/C11H15ClN2O/c1-8(11(13)15)14(2)7-9-5-3-4-6-10(9)12/h3-6,8H,7H2,1-2H3,(H2,13,15)/p+1/t8-/m1/s1. The monoisotopic (exact) mass is 227 g/mol. The first-order valence-corrected chi connectivity index (χ1v) is 5.25. The number of nitrogens with one attached hydrogen (secondary N) is 1. The quantitative estimate of drug-likeness (QED) is 0.760. The van der Waals surface area contributed by atoms with Gasteiger partial charge in [0.15, 0.2) is 6.04 Å². The van der Waals surface area contributed by atoms with Crippen molar-refractivity contribution in [3.8, 4) is 0 Å². The molecule has 1 unspecified atom stereocenters. The van der Waals surface area contributed by atoms with Crippen molar-refractivity contribution in [2.45, 2.75) is 19.5 Å². The Balaban J connectivity index is 2.70. The number of nitrogens with two attached hydrogens (primary N) is 1. The van der Waals surface area contributed by atoms with Gasteiger partial charge in [-0.05, 0) is 13.0 Å². The highest BCUT2D eigenvalue weighted by Crippen LogP contribution is 2.13. The predicted molar refractivity (Wildman–Crippen MR) is 60.7 cm³/mol. The van der Waals surface area contributed by atoms with Crippen molar-refractivity contribution in [2.75, 3.05) is 7.05 Å². The third-order valence-electron chi connectivity index (χ3n) is 2.59. The zero-order valence-electron chi connectivity index (χ0n) is 8.96. The van der Waals surface area contributed by atoms with Gasteiger partial charge in [0.25, 0.3) is 5.91 Å². The van der Waals surface area contributed by atoms with Gasteiger partial charge >= 0.3 is 0 Å². The lowest BCUT2D eigenvalue weighted by molar-refractivity contribution is -0.908. The van der Waals surface area contributed by atoms with Crippen LogP contribution in [0.1, 0.15) is 12.5 Å². The zero-order chi connectivity index (χ0) is 11.4. The summed E-state index contributed by atoms with van der Waals surface area (Å²) in [4.78, 5) is 12.0. The molecule has 0 saturated heterocycles. The fraction of sp³-hybridized carbons (Fsp3) is 0.364. The molecule has 2 atom stereocenters. The van der Waals surface area contributed by atoms with E-state index in [1.165, 1.54) is 0 Å². The van der Waals surface area contributed by atoms with Crippen LogP contribution in [0.15, 0.2) is 24.3 Å². The molecule has 3 nitrogen and oxygen atoms in total. The minimum atomic E-state index is -0.292. The van der Waals surface area contributed by atoms with Gasteiger partial charge in [-0.3, -0.25) is 4.79 Å². The summed E-state index contributed by atoms with van der Waals surface area (Å²) in [6.45, 7) is 2.51. The van der Waals surface area contributed by atoms with E-state index in [2.05, 4.69) is 0 Å². The van der Waals surface area contributed by atoms with E-state index in [1.54, 1.807) is 0 Å². The number of benzene rings is 1. The van der Waals surface area contributed by atoms with E-state index < -0.39 is 0 Å². The second-order valence-electron chi connectivity index (χ2n) is 3.74. The molecular formula is C11H16ClN2O+. The van der Waals surface area contributed by atoms with E-state index in [1.807, 2.05) is 38.2 Å². The van der Waals surface area contributed by atoms with Crippen LogP contribution in [0.2, 0.25) is 5.02 Å². The SMILES string of the molecule is C[C@H](C(N)=O)[NH+](C)Cc1ccccc1Cl. The second-order valence-corrected chi connectivity index (χ2v) is 4.15. The Labute approximate surface area is 94.8 Å². The number of carbonyl (C=O) groups excluding carboxylic acids is 1. The Hall–Kier alpha value is -1.06. The predicted octanol–water partition coefficient (Wildman–Crippen LogP) is 0.229. The van der Waals surface area contributed by atoms with Crippen molar-refractivity contribution in [2.24, 2.45) is 5.73 Å². The van der Waals surface area contributed by atoms with E-state index in [0.717, 1.165) is 15.5 Å². The smallest absolute Gasteiger partial charge is 0.275 e. The number of quaternary nitrogens is 1. The lowest BCUT2D eigenvalue weighted by atomic mass is 10.2. The number of hydrogen-bond acceptors (Lipinski definition) is 1. The Morgan fingerprint density at radius 2 is 2.13 bits per heavy atom. The largest absolute Gasteiger partial charge is 0.365 e. The highest BCUT2D eigenvalue weighted by atomic mass is 35.5. The zero-order valence-corrected chi connectivity index (χ0v) is 9.71. The Morgan fingerprint density at radius 1 is 1.53 bits per heavy atom. The van der Waals surface area contributed by atoms with Crippen LogP contribution in [0.5, 0.6) is 0 Å². The summed E-state index contributed by atoms with van der Waals surface area (Å²) in [6, 6.07) is 7.42. The van der Waals surface area contributed by atoms with Gasteiger partial charge in [0.2, 0.25) is 0 Å². The maximum Gasteiger partial charge on any atom is 0.275 e. The molecule has 0 aromatic heterocycles. The molecule has 0 saturated carbocycles. The van der Waals surface area contributed by atoms with Crippen molar-refractivity contribution in [1.82, 2.24) is 0 Å². The molecule has 0 heterocycles. The maximum absolute atomic E-state index is 11.0. The summed E-state index contributed by atoms with van der Waals surface area (Å²) in [5.41, 5.74) is 6.27. The molecule has 1 rings (SSSR count). The van der Waals surface area contributed by atoms with E-state index in [-0.39, 0.29) is 11.9 Å². The van der Waals surface area contributed by atoms with Crippen LogP contribution in [-0.4, -0.2) is 19.0 Å². The molecule has 0 spiro atoms. The van der Waals surface area contributed by atoms with Gasteiger partial charge in [0, 0.05) is 10.6 Å². The molecule has 82 valence electrons. The number of halogens is 1. The average Bonchev–Trinajstić information content (AvgIpc) is 2.20. The number of primary amides is 1. The summed E-state index contributed by atoms with van der Waals surface area (Å²) < 4.78 is 0. The number of hydrogen-bond donors (Lipinski definition) is 2. The lowest BCUT2D eigenvalue weighted by Crippen LogP contribution is -3.12. The van der Waals surface area contributed by atoms with E-state index in [4.69, 9.17) is 17.3 Å². The fourth-order valence-corrected chi connectivity index (χ4v) is 1.54. The molecule has 3 N–H and O–H groups in total. The number of carbonyl (C=O) groups is 1. The molecule has 0 radical (unpaired) electrons. The number of likely N-dealkylation sites (N-methyl/N-ethyl adjacent to an activating group) is 1. The minimum Gasteiger partial charge on any atom is -0.365 e. The molecule has 1 amide bonds. The fourth-order valence-electron chi connectivity index (χ4n) is 1.34. The minimum absolute atomic E-state index is 0.207. The summed E-state index contributed by atoms with van der Waals surface area (Å²) in [5, 5.41) is 0.730. The molecule has 0 aliphatic rings. The van der Waals surface area contributed by atoms with Gasteiger partial charge in [-0.1, -0.05) is 29.8 Å². The van der Waals surface area contributed by atoms with E-state index in [9.17, 15) is 4.79 Å². The van der Waals surface area contributed by atoms with Crippen molar-refractivity contribution in [1.29, 1.82) is 0 Å². The van der Waals surface area contributed by atoms with Crippen LogP contribution in [0.4, 0.5) is 0 Å². The van der Waals surface area contributed by atoms with Gasteiger partial charge in [-0.2, -0.15) is 0 Å². The summed E-state index contributed by atoms with van der Waals surface area (Å²) >= 11 is 6.02. The Kier molecular flexibility index (Phi) is 4.12. The van der Waals surface area contributed by atoms with E-state index in [0.29, 0.717) is 6.54 Å².